The van der Waals surface area contributed by atoms with Crippen LogP contribution in [0.3, 0.4) is 0 Å². The van der Waals surface area contributed by atoms with Crippen LogP contribution in [0.5, 0.6) is 0 Å². The maximum absolute atomic E-state index is 5.95. The van der Waals surface area contributed by atoms with Gasteiger partial charge in [0.15, 0.2) is 0 Å². The van der Waals surface area contributed by atoms with Crippen molar-refractivity contribution >= 4 is 11.4 Å². The van der Waals surface area contributed by atoms with Crippen molar-refractivity contribution in [3.05, 3.63) is 59.2 Å². The number of rotatable bonds is 3. The molecule has 0 saturated heterocycles. The fourth-order valence-electron chi connectivity index (χ4n) is 2.04. The molecule has 0 spiro atoms. The number of nitrogens with two attached hydrogens (primary N) is 1. The molecule has 18 heavy (non-hydrogen) atoms. The van der Waals surface area contributed by atoms with Crippen LogP contribution in [-0.2, 0) is 6.54 Å². The number of nitrogen functional groups attached to an aromatic ring is 1. The second-order valence-corrected chi connectivity index (χ2v) is 4.89. The lowest BCUT2D eigenvalue weighted by Crippen LogP contribution is -2.16. The van der Waals surface area contributed by atoms with Crippen LogP contribution < -0.4 is 10.6 Å². The number of hydrogen-bond donors (Lipinski definition) is 1. The summed E-state index contributed by atoms with van der Waals surface area (Å²) >= 11 is 0. The molecule has 0 aliphatic rings. The third kappa shape index (κ3) is 2.83. The standard InChI is InChI=1S/C16H20N2/c1-12-5-4-6-14(9-12)11-18(3)15-8-7-13(2)16(17)10-15/h4-10H,11,17H2,1-3H3. The van der Waals surface area contributed by atoms with Gasteiger partial charge in [-0.2, -0.15) is 0 Å². The Labute approximate surface area is 109 Å². The molecule has 0 atom stereocenters. The molecule has 0 radical (unpaired) electrons. The second-order valence-electron chi connectivity index (χ2n) is 4.89. The molecule has 0 aliphatic heterocycles. The quantitative estimate of drug-likeness (QED) is 0.832. The zero-order valence-corrected chi connectivity index (χ0v) is 11.3. The van der Waals surface area contributed by atoms with Gasteiger partial charge in [0.25, 0.3) is 0 Å². The molecule has 2 aromatic carbocycles. The number of anilines is 2. The Bertz CT molecular complexity index is 547. The molecule has 0 bridgehead atoms. The van der Waals surface area contributed by atoms with Crippen LogP contribution in [0.1, 0.15) is 16.7 Å². The van der Waals surface area contributed by atoms with Gasteiger partial charge in [0.1, 0.15) is 0 Å². The molecule has 0 amide bonds. The van der Waals surface area contributed by atoms with Gasteiger partial charge in [-0.05, 0) is 37.1 Å². The summed E-state index contributed by atoms with van der Waals surface area (Å²) in [7, 11) is 2.09. The SMILES string of the molecule is Cc1cccc(CN(C)c2ccc(C)c(N)c2)c1. The number of hydrogen-bond acceptors (Lipinski definition) is 2. The van der Waals surface area contributed by atoms with Gasteiger partial charge in [-0.15, -0.1) is 0 Å². The highest BCUT2D eigenvalue weighted by Crippen LogP contribution is 2.21. The zero-order chi connectivity index (χ0) is 13.1. The summed E-state index contributed by atoms with van der Waals surface area (Å²) in [4.78, 5) is 2.21. The van der Waals surface area contributed by atoms with Crippen molar-refractivity contribution in [1.82, 2.24) is 0 Å². The normalized spacial score (nSPS) is 10.4. The molecule has 2 aromatic rings. The summed E-state index contributed by atoms with van der Waals surface area (Å²) < 4.78 is 0. The predicted octanol–water partition coefficient (Wildman–Crippen LogP) is 3.52. The van der Waals surface area contributed by atoms with Crippen LogP contribution in [0, 0.1) is 13.8 Å². The monoisotopic (exact) mass is 240 g/mol. The first-order valence-corrected chi connectivity index (χ1v) is 6.19. The maximum atomic E-state index is 5.95. The lowest BCUT2D eigenvalue weighted by molar-refractivity contribution is 0.921. The zero-order valence-electron chi connectivity index (χ0n) is 11.3. The van der Waals surface area contributed by atoms with E-state index in [1.165, 1.54) is 11.1 Å². The number of nitrogens with zero attached hydrogens (tertiary/aromatic N) is 1. The van der Waals surface area contributed by atoms with Gasteiger partial charge in [-0.25, -0.2) is 0 Å². The second kappa shape index (κ2) is 5.13. The van der Waals surface area contributed by atoms with Crippen molar-refractivity contribution in [3.63, 3.8) is 0 Å². The molecule has 2 N–H and O–H groups in total. The van der Waals surface area contributed by atoms with Crippen LogP contribution >= 0.6 is 0 Å². The topological polar surface area (TPSA) is 29.3 Å². The van der Waals surface area contributed by atoms with Crippen molar-refractivity contribution in [3.8, 4) is 0 Å². The summed E-state index contributed by atoms with van der Waals surface area (Å²) in [5.74, 6) is 0. The highest BCUT2D eigenvalue weighted by Gasteiger charge is 2.04. The van der Waals surface area contributed by atoms with Crippen molar-refractivity contribution < 1.29 is 0 Å². The highest BCUT2D eigenvalue weighted by molar-refractivity contribution is 5.59. The summed E-state index contributed by atoms with van der Waals surface area (Å²) in [6.07, 6.45) is 0. The summed E-state index contributed by atoms with van der Waals surface area (Å²) in [6.45, 7) is 5.04. The molecule has 0 unspecified atom stereocenters. The summed E-state index contributed by atoms with van der Waals surface area (Å²) in [5, 5.41) is 0. The van der Waals surface area contributed by atoms with Gasteiger partial charge >= 0.3 is 0 Å². The summed E-state index contributed by atoms with van der Waals surface area (Å²) in [5.41, 5.74) is 11.7. The third-order valence-corrected chi connectivity index (χ3v) is 3.21. The van der Waals surface area contributed by atoms with E-state index < -0.39 is 0 Å². The van der Waals surface area contributed by atoms with E-state index in [1.807, 2.05) is 13.0 Å². The molecule has 2 rings (SSSR count). The summed E-state index contributed by atoms with van der Waals surface area (Å²) in [6, 6.07) is 14.8. The Morgan fingerprint density at radius 1 is 1.06 bits per heavy atom. The molecule has 0 aliphatic carbocycles. The van der Waals surface area contributed by atoms with Gasteiger partial charge in [0, 0.05) is 25.0 Å². The molecule has 0 saturated carbocycles. The lowest BCUT2D eigenvalue weighted by atomic mass is 10.1. The van der Waals surface area contributed by atoms with Gasteiger partial charge in [-0.1, -0.05) is 35.9 Å². The molecule has 2 heteroatoms. The molecule has 0 heterocycles. The highest BCUT2D eigenvalue weighted by atomic mass is 15.1. The van der Waals surface area contributed by atoms with Crippen LogP contribution in [-0.4, -0.2) is 7.05 Å². The third-order valence-electron chi connectivity index (χ3n) is 3.21. The lowest BCUT2D eigenvalue weighted by Gasteiger charge is -2.20. The predicted molar refractivity (Wildman–Crippen MR) is 78.9 cm³/mol. The van der Waals surface area contributed by atoms with E-state index in [-0.39, 0.29) is 0 Å². The Morgan fingerprint density at radius 3 is 2.50 bits per heavy atom. The number of aryl methyl sites for hydroxylation is 2. The van der Waals surface area contributed by atoms with E-state index in [0.29, 0.717) is 0 Å². The van der Waals surface area contributed by atoms with E-state index in [1.54, 1.807) is 0 Å². The first-order valence-electron chi connectivity index (χ1n) is 6.19. The Balaban J connectivity index is 2.16. The average Bonchev–Trinajstić information content (AvgIpc) is 2.32. The molecule has 94 valence electrons. The molecule has 0 fully saturated rings. The average molecular weight is 240 g/mol. The number of benzene rings is 2. The minimum Gasteiger partial charge on any atom is -0.398 e. The van der Waals surface area contributed by atoms with Crippen LogP contribution in [0.25, 0.3) is 0 Å². The Hall–Kier alpha value is -1.96. The van der Waals surface area contributed by atoms with E-state index >= 15 is 0 Å². The first-order chi connectivity index (χ1) is 8.56. The molecular weight excluding hydrogens is 220 g/mol. The van der Waals surface area contributed by atoms with Crippen LogP contribution in [0.4, 0.5) is 11.4 Å². The van der Waals surface area contributed by atoms with E-state index in [9.17, 15) is 0 Å². The van der Waals surface area contributed by atoms with Crippen molar-refractivity contribution in [1.29, 1.82) is 0 Å². The first kappa shape index (κ1) is 12.5. The van der Waals surface area contributed by atoms with Crippen molar-refractivity contribution in [2.24, 2.45) is 0 Å². The van der Waals surface area contributed by atoms with Crippen molar-refractivity contribution in [2.45, 2.75) is 20.4 Å². The molecule has 2 nitrogen and oxygen atoms in total. The van der Waals surface area contributed by atoms with E-state index in [0.717, 1.165) is 23.5 Å². The van der Waals surface area contributed by atoms with E-state index in [4.69, 9.17) is 5.73 Å². The van der Waals surface area contributed by atoms with Gasteiger partial charge < -0.3 is 10.6 Å². The van der Waals surface area contributed by atoms with Gasteiger partial charge in [-0.3, -0.25) is 0 Å². The molecular formula is C16H20N2. The Kier molecular flexibility index (Phi) is 3.56. The smallest absolute Gasteiger partial charge is 0.0426 e. The largest absolute Gasteiger partial charge is 0.398 e. The van der Waals surface area contributed by atoms with Gasteiger partial charge in [0.2, 0.25) is 0 Å². The molecule has 0 aromatic heterocycles. The fraction of sp³-hybridized carbons (Fsp3) is 0.250. The van der Waals surface area contributed by atoms with Crippen LogP contribution in [0.2, 0.25) is 0 Å². The van der Waals surface area contributed by atoms with Crippen LogP contribution in [0.15, 0.2) is 42.5 Å². The van der Waals surface area contributed by atoms with Gasteiger partial charge in [0.05, 0.1) is 0 Å². The fourth-order valence-corrected chi connectivity index (χ4v) is 2.04. The van der Waals surface area contributed by atoms with E-state index in [2.05, 4.69) is 55.3 Å². The van der Waals surface area contributed by atoms with Crippen molar-refractivity contribution in [2.75, 3.05) is 17.7 Å². The Morgan fingerprint density at radius 2 is 1.83 bits per heavy atom. The maximum Gasteiger partial charge on any atom is 0.0426 e. The minimum atomic E-state index is 0.851. The minimum absolute atomic E-state index is 0.851.